The van der Waals surface area contributed by atoms with Crippen LogP contribution in [0.3, 0.4) is 0 Å². The van der Waals surface area contributed by atoms with Crippen molar-refractivity contribution in [1.29, 1.82) is 0 Å². The Morgan fingerprint density at radius 1 is 1.08 bits per heavy atom. The largest absolute Gasteiger partial charge is 0.357 e. The van der Waals surface area contributed by atoms with Gasteiger partial charge in [0.2, 0.25) is 0 Å². The highest BCUT2D eigenvalue weighted by molar-refractivity contribution is 7.84. The summed E-state index contributed by atoms with van der Waals surface area (Å²) in [5.74, 6) is 1.90. The van der Waals surface area contributed by atoms with E-state index in [1.165, 1.54) is 5.56 Å². The Kier molecular flexibility index (Phi) is 8.19. The van der Waals surface area contributed by atoms with Crippen LogP contribution in [0.15, 0.2) is 65.7 Å². The highest BCUT2D eigenvalue weighted by atomic mass is 32.2. The maximum absolute atomic E-state index is 12.2. The predicted octanol–water partition coefficient (Wildman–Crippen LogP) is 3.25. The van der Waals surface area contributed by atoms with E-state index in [4.69, 9.17) is 0 Å². The summed E-state index contributed by atoms with van der Waals surface area (Å²) >= 11 is 0. The van der Waals surface area contributed by atoms with Crippen molar-refractivity contribution in [1.82, 2.24) is 10.6 Å². The van der Waals surface area contributed by atoms with Gasteiger partial charge in [-0.15, -0.1) is 0 Å². The normalized spacial score (nSPS) is 13.9. The summed E-state index contributed by atoms with van der Waals surface area (Å²) in [6, 6.07) is 20.4. The van der Waals surface area contributed by atoms with Crippen LogP contribution in [0.5, 0.6) is 0 Å². The van der Waals surface area contributed by atoms with Gasteiger partial charge in [-0.25, -0.2) is 0 Å². The third-order valence-corrected chi connectivity index (χ3v) is 5.05. The van der Waals surface area contributed by atoms with E-state index in [0.717, 1.165) is 18.1 Å². The fraction of sp³-hybridized carbons (Fsp3) is 0.350. The minimum atomic E-state index is -0.903. The number of guanidine groups is 1. The standard InChI is InChI=1S/C20H27N3OS/c1-3-21-20(23-17(2)19-12-8-5-9-13-19)22-14-15-25(24)16-18-10-6-4-7-11-18/h4-13,17H,3,14-16H2,1-2H3,(H2,21,22,23). The molecule has 5 heteroatoms. The first-order chi connectivity index (χ1) is 12.2. The molecular weight excluding hydrogens is 330 g/mol. The lowest BCUT2D eigenvalue weighted by Crippen LogP contribution is -2.39. The zero-order valence-corrected chi connectivity index (χ0v) is 15.8. The van der Waals surface area contributed by atoms with Gasteiger partial charge in [0.05, 0.1) is 12.6 Å². The first-order valence-corrected chi connectivity index (χ1v) is 10.2. The molecule has 0 fully saturated rings. The van der Waals surface area contributed by atoms with Crippen LogP contribution in [0.4, 0.5) is 0 Å². The van der Waals surface area contributed by atoms with Crippen LogP contribution in [0.2, 0.25) is 0 Å². The molecule has 2 rings (SSSR count). The summed E-state index contributed by atoms with van der Waals surface area (Å²) in [7, 11) is -0.903. The summed E-state index contributed by atoms with van der Waals surface area (Å²) in [6.45, 7) is 5.48. The van der Waals surface area contributed by atoms with E-state index in [2.05, 4.69) is 34.7 Å². The average molecular weight is 358 g/mol. The number of nitrogens with zero attached hydrogens (tertiary/aromatic N) is 1. The molecule has 0 spiro atoms. The molecule has 0 saturated heterocycles. The van der Waals surface area contributed by atoms with Crippen LogP contribution < -0.4 is 10.6 Å². The van der Waals surface area contributed by atoms with Crippen molar-refractivity contribution in [3.8, 4) is 0 Å². The molecule has 0 aliphatic rings. The van der Waals surface area contributed by atoms with Crippen LogP contribution in [0, 0.1) is 0 Å². The second kappa shape index (κ2) is 10.7. The van der Waals surface area contributed by atoms with Gasteiger partial charge in [0.15, 0.2) is 5.96 Å². The topological polar surface area (TPSA) is 53.5 Å². The first kappa shape index (κ1) is 19.2. The monoisotopic (exact) mass is 357 g/mol. The van der Waals surface area contributed by atoms with Crippen LogP contribution >= 0.6 is 0 Å². The zero-order chi connectivity index (χ0) is 17.9. The third-order valence-electron chi connectivity index (χ3n) is 3.76. The summed E-state index contributed by atoms with van der Waals surface area (Å²) in [5, 5.41) is 6.64. The second-order valence-electron chi connectivity index (χ2n) is 5.81. The summed E-state index contributed by atoms with van der Waals surface area (Å²) in [5.41, 5.74) is 2.31. The fourth-order valence-electron chi connectivity index (χ4n) is 2.44. The van der Waals surface area contributed by atoms with E-state index in [9.17, 15) is 4.21 Å². The van der Waals surface area contributed by atoms with Crippen molar-refractivity contribution < 1.29 is 4.21 Å². The molecule has 0 bridgehead atoms. The van der Waals surface area contributed by atoms with Crippen LogP contribution in [0.1, 0.15) is 31.0 Å². The Balaban J connectivity index is 1.85. The number of rotatable bonds is 8. The lowest BCUT2D eigenvalue weighted by atomic mass is 10.1. The SMILES string of the molecule is CCNC(=NCCS(=O)Cc1ccccc1)NC(C)c1ccccc1. The number of nitrogens with one attached hydrogen (secondary N) is 2. The minimum absolute atomic E-state index is 0.161. The van der Waals surface area contributed by atoms with Gasteiger partial charge in [-0.05, 0) is 25.0 Å². The van der Waals surface area contributed by atoms with Gasteiger partial charge < -0.3 is 10.6 Å². The molecule has 2 atom stereocenters. The van der Waals surface area contributed by atoms with Crippen molar-refractivity contribution in [3.05, 3.63) is 71.8 Å². The lowest BCUT2D eigenvalue weighted by molar-refractivity contribution is 0.679. The van der Waals surface area contributed by atoms with Gasteiger partial charge >= 0.3 is 0 Å². The van der Waals surface area contributed by atoms with Crippen LogP contribution in [-0.4, -0.2) is 29.0 Å². The molecule has 25 heavy (non-hydrogen) atoms. The van der Waals surface area contributed by atoms with Crippen LogP contribution in [0.25, 0.3) is 0 Å². The molecule has 0 aliphatic heterocycles. The number of aliphatic imine (C=N–C) groups is 1. The average Bonchev–Trinajstić information content (AvgIpc) is 2.63. The lowest BCUT2D eigenvalue weighted by Gasteiger charge is -2.18. The van der Waals surface area contributed by atoms with Crippen LogP contribution in [-0.2, 0) is 16.6 Å². The molecule has 2 aromatic carbocycles. The number of hydrogen-bond acceptors (Lipinski definition) is 2. The maximum atomic E-state index is 12.2. The maximum Gasteiger partial charge on any atom is 0.191 e. The second-order valence-corrected chi connectivity index (χ2v) is 7.39. The molecule has 0 radical (unpaired) electrons. The molecule has 4 nitrogen and oxygen atoms in total. The summed E-state index contributed by atoms with van der Waals surface area (Å²) < 4.78 is 12.2. The van der Waals surface area contributed by atoms with Crippen molar-refractivity contribution in [2.75, 3.05) is 18.8 Å². The first-order valence-electron chi connectivity index (χ1n) is 8.67. The zero-order valence-electron chi connectivity index (χ0n) is 14.9. The van der Waals surface area contributed by atoms with Crippen molar-refractivity contribution >= 4 is 16.8 Å². The Morgan fingerprint density at radius 2 is 1.72 bits per heavy atom. The predicted molar refractivity (Wildman–Crippen MR) is 107 cm³/mol. The minimum Gasteiger partial charge on any atom is -0.357 e. The molecule has 2 N–H and O–H groups in total. The van der Waals surface area contributed by atoms with Gasteiger partial charge in [-0.3, -0.25) is 9.20 Å². The Labute approximate surface area is 153 Å². The Hall–Kier alpha value is -2.14. The van der Waals surface area contributed by atoms with Crippen molar-refractivity contribution in [2.45, 2.75) is 25.6 Å². The molecule has 0 saturated carbocycles. The molecule has 0 aromatic heterocycles. The number of benzene rings is 2. The molecule has 134 valence electrons. The van der Waals surface area contributed by atoms with E-state index in [-0.39, 0.29) is 6.04 Å². The quantitative estimate of drug-likeness (QED) is 0.563. The highest BCUT2D eigenvalue weighted by Gasteiger charge is 2.07. The van der Waals surface area contributed by atoms with Gasteiger partial charge in [-0.2, -0.15) is 0 Å². The van der Waals surface area contributed by atoms with E-state index < -0.39 is 10.8 Å². The molecule has 0 aliphatic carbocycles. The summed E-state index contributed by atoms with van der Waals surface area (Å²) in [6.07, 6.45) is 0. The van der Waals surface area contributed by atoms with Crippen molar-refractivity contribution in [3.63, 3.8) is 0 Å². The fourth-order valence-corrected chi connectivity index (χ4v) is 3.45. The molecular formula is C20H27N3OS. The van der Waals surface area contributed by atoms with Gasteiger partial charge in [-0.1, -0.05) is 60.7 Å². The summed E-state index contributed by atoms with van der Waals surface area (Å²) in [4.78, 5) is 4.56. The Morgan fingerprint density at radius 3 is 2.36 bits per heavy atom. The highest BCUT2D eigenvalue weighted by Crippen LogP contribution is 2.10. The van der Waals surface area contributed by atoms with Crippen molar-refractivity contribution in [2.24, 2.45) is 4.99 Å². The van der Waals surface area contributed by atoms with Gasteiger partial charge in [0.1, 0.15) is 0 Å². The number of hydrogen-bond donors (Lipinski definition) is 2. The molecule has 2 aromatic rings. The molecule has 0 amide bonds. The van der Waals surface area contributed by atoms with Gasteiger partial charge in [0.25, 0.3) is 0 Å². The smallest absolute Gasteiger partial charge is 0.191 e. The third kappa shape index (κ3) is 7.10. The van der Waals surface area contributed by atoms with E-state index in [1.54, 1.807) is 0 Å². The molecule has 2 unspecified atom stereocenters. The molecule has 0 heterocycles. The van der Waals surface area contributed by atoms with Gasteiger partial charge in [0, 0.05) is 28.9 Å². The van der Waals surface area contributed by atoms with E-state index >= 15 is 0 Å². The van der Waals surface area contributed by atoms with E-state index in [0.29, 0.717) is 18.1 Å². The Bertz CT molecular complexity index is 674. The van der Waals surface area contributed by atoms with E-state index in [1.807, 2.05) is 55.5 Å².